The van der Waals surface area contributed by atoms with Crippen molar-refractivity contribution in [3.8, 4) is 46.1 Å². The largest absolute Gasteiger partial charge is 0.453 e. The van der Waals surface area contributed by atoms with Gasteiger partial charge in [-0.3, -0.25) is 9.59 Å². The summed E-state index contributed by atoms with van der Waals surface area (Å²) in [6.07, 6.45) is 5.15. The first kappa shape index (κ1) is 45.7. The molecule has 14 nitrogen and oxygen atoms in total. The average molecular weight is 877 g/mol. The molecule has 2 saturated heterocycles. The second-order valence-corrected chi connectivity index (χ2v) is 17.7. The van der Waals surface area contributed by atoms with Crippen LogP contribution in [0, 0.1) is 29.6 Å². The van der Waals surface area contributed by atoms with Crippen LogP contribution < -0.4 is 10.6 Å². The van der Waals surface area contributed by atoms with Gasteiger partial charge in [0, 0.05) is 24.2 Å². The number of benzene rings is 3. The number of rotatable bonds is 10. The highest BCUT2D eigenvalue weighted by atomic mass is 16.5. The number of hydrogen-bond donors (Lipinski definition) is 4. The van der Waals surface area contributed by atoms with Crippen molar-refractivity contribution in [2.75, 3.05) is 27.3 Å². The number of aromatic nitrogens is 4. The summed E-state index contributed by atoms with van der Waals surface area (Å²) in [5, 5.41) is 5.41. The Morgan fingerprint density at radius 1 is 0.738 bits per heavy atom. The molecule has 0 bridgehead atoms. The lowest BCUT2D eigenvalue weighted by molar-refractivity contribution is -0.135. The highest BCUT2D eigenvalue weighted by Crippen LogP contribution is 2.36. The lowest BCUT2D eigenvalue weighted by Gasteiger charge is -2.30. The predicted octanol–water partition coefficient (Wildman–Crippen LogP) is 7.97. The molecule has 2 fully saturated rings. The van der Waals surface area contributed by atoms with Crippen molar-refractivity contribution in [1.29, 1.82) is 0 Å². The van der Waals surface area contributed by atoms with Gasteiger partial charge in [-0.2, -0.15) is 0 Å². The number of alkyl carbamates (subject to hydrolysis) is 2. The number of hydrogen-bond acceptors (Lipinski definition) is 8. The Morgan fingerprint density at radius 3 is 2.06 bits per heavy atom. The fourth-order valence-corrected chi connectivity index (χ4v) is 8.42. The van der Waals surface area contributed by atoms with Crippen molar-refractivity contribution in [3.63, 3.8) is 0 Å². The molecular formula is C51H56N8O6. The lowest BCUT2D eigenvalue weighted by Crippen LogP contribution is -2.51. The fraction of sp³-hybridized carbons (Fsp3) is 0.373. The maximum Gasteiger partial charge on any atom is 0.407 e. The third-order valence-corrected chi connectivity index (χ3v) is 11.9. The Balaban J connectivity index is 1.13. The van der Waals surface area contributed by atoms with Crippen LogP contribution in [0.15, 0.2) is 85.2 Å². The van der Waals surface area contributed by atoms with Crippen LogP contribution in [0.3, 0.4) is 0 Å². The first-order valence-electron chi connectivity index (χ1n) is 22.0. The van der Waals surface area contributed by atoms with Gasteiger partial charge in [0.2, 0.25) is 5.91 Å². The van der Waals surface area contributed by atoms with Crippen LogP contribution in [0.2, 0.25) is 0 Å². The van der Waals surface area contributed by atoms with E-state index < -0.39 is 24.3 Å². The van der Waals surface area contributed by atoms with Gasteiger partial charge >= 0.3 is 12.2 Å². The van der Waals surface area contributed by atoms with Gasteiger partial charge in [0.05, 0.1) is 44.4 Å². The third-order valence-electron chi connectivity index (χ3n) is 11.9. The summed E-state index contributed by atoms with van der Waals surface area (Å²) < 4.78 is 9.63. The molecule has 0 unspecified atom stereocenters. The Labute approximate surface area is 380 Å². The van der Waals surface area contributed by atoms with E-state index in [1.807, 2.05) is 44.2 Å². The highest BCUT2D eigenvalue weighted by molar-refractivity contribution is 5.88. The van der Waals surface area contributed by atoms with Crippen molar-refractivity contribution < 1.29 is 28.7 Å². The van der Waals surface area contributed by atoms with Gasteiger partial charge in [0.25, 0.3) is 5.91 Å². The number of carbonyl (C=O) groups is 4. The smallest absolute Gasteiger partial charge is 0.407 e. The summed E-state index contributed by atoms with van der Waals surface area (Å²) in [6, 6.07) is 21.4. The molecule has 4 heterocycles. The number of H-pyrrole nitrogens is 2. The zero-order valence-electron chi connectivity index (χ0n) is 38.0. The topological polar surface area (TPSA) is 175 Å². The molecule has 65 heavy (non-hydrogen) atoms. The lowest BCUT2D eigenvalue weighted by atomic mass is 9.85. The summed E-state index contributed by atoms with van der Waals surface area (Å²) >= 11 is 0. The number of imidazole rings is 2. The molecule has 2 aliphatic heterocycles. The molecule has 14 heteroatoms. The fourth-order valence-electron chi connectivity index (χ4n) is 8.42. The van der Waals surface area contributed by atoms with E-state index in [1.165, 1.54) is 19.8 Å². The van der Waals surface area contributed by atoms with E-state index in [2.05, 4.69) is 100 Å². The van der Waals surface area contributed by atoms with E-state index in [1.54, 1.807) is 34.3 Å². The van der Waals surface area contributed by atoms with Crippen LogP contribution in [0.1, 0.15) is 112 Å². The summed E-state index contributed by atoms with van der Waals surface area (Å²) in [7, 11) is 2.55. The highest BCUT2D eigenvalue weighted by Gasteiger charge is 2.39. The van der Waals surface area contributed by atoms with Crippen LogP contribution in [-0.4, -0.2) is 87.1 Å². The summed E-state index contributed by atoms with van der Waals surface area (Å²) in [5.41, 5.74) is 6.75. The molecule has 5 aromatic rings. The van der Waals surface area contributed by atoms with Crippen molar-refractivity contribution >= 4 is 24.0 Å². The van der Waals surface area contributed by atoms with Crippen molar-refractivity contribution in [3.05, 3.63) is 119 Å². The Kier molecular flexibility index (Phi) is 14.1. The Hall–Kier alpha value is -7.32. The first-order chi connectivity index (χ1) is 31.2. The molecule has 3 aromatic carbocycles. The maximum atomic E-state index is 13.9. The van der Waals surface area contributed by atoms with E-state index >= 15 is 0 Å². The summed E-state index contributed by atoms with van der Waals surface area (Å²) in [5.74, 6) is 13.2. The predicted molar refractivity (Wildman–Crippen MR) is 247 cm³/mol. The minimum absolute atomic E-state index is 0.0793. The van der Waals surface area contributed by atoms with Gasteiger partial charge < -0.3 is 39.9 Å². The molecule has 0 radical (unpaired) electrons. The van der Waals surface area contributed by atoms with E-state index in [-0.39, 0.29) is 35.2 Å². The first-order valence-corrected chi connectivity index (χ1v) is 22.0. The SMILES string of the molecule is COC(=O)N[C@H](C(=O)N1CCC[C@H]1c1ncc(-c2ccc(C#CC#Cc3cnc([C@@H]4CCCN4C(=O)[C@H](NC(=O)OC)c4ccccc4)[nH]3)c(-c3cccc(C(C)(C)C)c3)c2)[nH]1)C(C)C. The van der Waals surface area contributed by atoms with E-state index in [9.17, 15) is 19.2 Å². The van der Waals surface area contributed by atoms with Crippen molar-refractivity contribution in [2.45, 2.75) is 89.9 Å². The van der Waals surface area contributed by atoms with E-state index in [0.29, 0.717) is 42.4 Å². The zero-order chi connectivity index (χ0) is 46.3. The third kappa shape index (κ3) is 10.6. The number of methoxy groups -OCH3 is 2. The van der Waals surface area contributed by atoms with Crippen molar-refractivity contribution in [2.24, 2.45) is 5.92 Å². The number of aromatic amines is 2. The second-order valence-electron chi connectivity index (χ2n) is 17.7. The Morgan fingerprint density at radius 2 is 1.38 bits per heavy atom. The molecule has 2 aliphatic rings. The van der Waals surface area contributed by atoms with Gasteiger partial charge in [-0.25, -0.2) is 19.6 Å². The molecule has 7 rings (SSSR count). The van der Waals surface area contributed by atoms with Crippen LogP contribution in [-0.2, 0) is 24.5 Å². The van der Waals surface area contributed by atoms with Crippen LogP contribution in [0.5, 0.6) is 0 Å². The summed E-state index contributed by atoms with van der Waals surface area (Å²) in [4.78, 5) is 71.8. The van der Waals surface area contributed by atoms with Gasteiger partial charge in [0.1, 0.15) is 29.4 Å². The molecule has 0 aliphatic carbocycles. The molecule has 0 spiro atoms. The van der Waals surface area contributed by atoms with Crippen LogP contribution in [0.25, 0.3) is 22.4 Å². The molecule has 0 saturated carbocycles. The number of carbonyl (C=O) groups excluding carboxylic acids is 4. The monoisotopic (exact) mass is 876 g/mol. The normalized spacial score (nSPS) is 16.7. The minimum Gasteiger partial charge on any atom is -0.453 e. The van der Waals surface area contributed by atoms with Crippen molar-refractivity contribution in [1.82, 2.24) is 40.4 Å². The van der Waals surface area contributed by atoms with E-state index in [4.69, 9.17) is 14.5 Å². The Bertz CT molecular complexity index is 2660. The molecule has 336 valence electrons. The van der Waals surface area contributed by atoms with Gasteiger partial charge in [-0.05, 0) is 89.2 Å². The molecule has 4 amide bonds. The number of likely N-dealkylation sites (tertiary alicyclic amines) is 2. The maximum absolute atomic E-state index is 13.9. The van der Waals surface area contributed by atoms with Gasteiger partial charge in [-0.15, -0.1) is 0 Å². The van der Waals surface area contributed by atoms with Gasteiger partial charge in [0.15, 0.2) is 0 Å². The van der Waals surface area contributed by atoms with Crippen LogP contribution >= 0.6 is 0 Å². The average Bonchev–Trinajstić information content (AvgIpc) is 4.16. The van der Waals surface area contributed by atoms with E-state index in [0.717, 1.165) is 47.2 Å². The van der Waals surface area contributed by atoms with Gasteiger partial charge in [-0.1, -0.05) is 101 Å². The standard InChI is InChI=1S/C51H56N8O6/c1-32(2)43(56-49(62)64-6)47(60)58-26-15-23-42(58)46-53-31-40(55-46)36-25-24-33(39(29-36)35-19-13-20-37(28-35)51(3,4)5)16-11-12-21-38-30-52-45(54-38)41-22-14-27-59(41)48(61)44(57-50(63)65-7)34-17-9-8-10-18-34/h8-10,13,17-20,24-25,28-32,41-44H,14-15,22-23,26-27H2,1-7H3,(H,52,54)(H,53,55)(H,56,62)(H,57,63)/t41-,42-,43-,44+/m0/s1. The van der Waals surface area contributed by atoms with Crippen LogP contribution in [0.4, 0.5) is 9.59 Å². The minimum atomic E-state index is -0.914. The zero-order valence-corrected chi connectivity index (χ0v) is 38.0. The molecule has 2 aromatic heterocycles. The second kappa shape index (κ2) is 20.0. The number of nitrogens with zero attached hydrogens (tertiary/aromatic N) is 4. The quantitative estimate of drug-likeness (QED) is 0.102. The molecule has 4 atom stereocenters. The summed E-state index contributed by atoms with van der Waals surface area (Å²) in [6.45, 7) is 11.4. The number of amides is 4. The molecular weight excluding hydrogens is 821 g/mol. The number of nitrogens with one attached hydrogen (secondary N) is 4. The molecule has 4 N–H and O–H groups in total. The number of ether oxygens (including phenoxy) is 2.